The van der Waals surface area contributed by atoms with Gasteiger partial charge >= 0.3 is 0 Å². The Labute approximate surface area is 482 Å². The maximum Gasteiger partial charge on any atom is 0.132 e. The molecule has 11 aromatic carbocycles. The zero-order valence-electron chi connectivity index (χ0n) is 45.1. The molecule has 0 fully saturated rings. The molecule has 6 heterocycles. The van der Waals surface area contributed by atoms with E-state index in [0.29, 0.717) is 0 Å². The van der Waals surface area contributed by atoms with Gasteiger partial charge in [-0.1, -0.05) is 170 Å². The van der Waals surface area contributed by atoms with E-state index in [2.05, 4.69) is 281 Å². The SMILES string of the molecule is c1ccc2c(c1)Oc1cc3c(cc1C21c2cccnc2-c2ncc(-n4c5ccc(-n6c7ccccc7c7ccccc76)cc5c5cc(-n6c7ccccc7c7ccccc76)ccc54)cc21)-c1ccccc1C31c2ccccc2-c2ccccc21. The van der Waals surface area contributed by atoms with Crippen LogP contribution in [0.3, 0.4) is 0 Å². The van der Waals surface area contributed by atoms with Crippen molar-refractivity contribution in [1.82, 2.24) is 23.7 Å². The van der Waals surface area contributed by atoms with Crippen LogP contribution in [0.5, 0.6) is 11.5 Å². The van der Waals surface area contributed by atoms with Gasteiger partial charge in [0, 0.05) is 66.6 Å². The number of nitrogens with zero attached hydrogens (tertiary/aromatic N) is 5. The highest BCUT2D eigenvalue weighted by Gasteiger charge is 2.56. The van der Waals surface area contributed by atoms with Crippen molar-refractivity contribution in [2.24, 2.45) is 0 Å². The van der Waals surface area contributed by atoms with E-state index in [1.807, 2.05) is 6.20 Å². The molecule has 84 heavy (non-hydrogen) atoms. The van der Waals surface area contributed by atoms with Crippen molar-refractivity contribution in [3.05, 3.63) is 318 Å². The first-order valence-corrected chi connectivity index (χ1v) is 29.0. The molecule has 5 aromatic heterocycles. The van der Waals surface area contributed by atoms with E-state index in [1.165, 1.54) is 88.1 Å². The van der Waals surface area contributed by atoms with Crippen molar-refractivity contribution in [1.29, 1.82) is 0 Å². The number of aromatic nitrogens is 5. The summed E-state index contributed by atoms with van der Waals surface area (Å²) in [6, 6.07) is 96.5. The second-order valence-electron chi connectivity index (χ2n) is 23.1. The number of ether oxygens (including phenoxy) is 1. The van der Waals surface area contributed by atoms with E-state index < -0.39 is 10.8 Å². The quantitative estimate of drug-likeness (QED) is 0.177. The molecule has 0 saturated carbocycles. The van der Waals surface area contributed by atoms with Crippen molar-refractivity contribution < 1.29 is 4.74 Å². The fourth-order valence-electron chi connectivity index (χ4n) is 16.3. The van der Waals surface area contributed by atoms with Gasteiger partial charge in [-0.05, 0) is 141 Å². The number of hydrogen-bond donors (Lipinski definition) is 0. The minimum atomic E-state index is -0.858. The number of para-hydroxylation sites is 5. The first-order valence-electron chi connectivity index (χ1n) is 29.0. The first-order chi connectivity index (χ1) is 41.7. The average molecular weight is 1070 g/mol. The summed E-state index contributed by atoms with van der Waals surface area (Å²) in [5, 5.41) is 7.22. The summed E-state index contributed by atoms with van der Waals surface area (Å²) in [5.74, 6) is 1.66. The van der Waals surface area contributed by atoms with Crippen LogP contribution in [0.1, 0.15) is 44.5 Å². The second kappa shape index (κ2) is 15.9. The summed E-state index contributed by atoms with van der Waals surface area (Å²) in [4.78, 5) is 10.8. The Balaban J connectivity index is 0.863. The van der Waals surface area contributed by atoms with Gasteiger partial charge in [-0.2, -0.15) is 0 Å². The predicted molar refractivity (Wildman–Crippen MR) is 339 cm³/mol. The molecule has 3 aliphatic carbocycles. The van der Waals surface area contributed by atoms with E-state index in [1.54, 1.807) is 0 Å². The summed E-state index contributed by atoms with van der Waals surface area (Å²) in [6.45, 7) is 0. The molecule has 0 N–H and O–H groups in total. The third-order valence-corrected chi connectivity index (χ3v) is 19.4. The Bertz CT molecular complexity index is 5320. The van der Waals surface area contributed by atoms with Crippen LogP contribution in [-0.2, 0) is 10.8 Å². The Kier molecular flexibility index (Phi) is 8.44. The average Bonchev–Trinajstić information content (AvgIpc) is 1.53. The number of fused-ring (bicyclic) bond motifs is 28. The lowest BCUT2D eigenvalue weighted by Gasteiger charge is -2.40. The van der Waals surface area contributed by atoms with Crippen LogP contribution in [0, 0.1) is 0 Å². The fourth-order valence-corrected chi connectivity index (χ4v) is 16.3. The van der Waals surface area contributed by atoms with Gasteiger partial charge in [-0.3, -0.25) is 9.97 Å². The van der Waals surface area contributed by atoms with Gasteiger partial charge in [-0.15, -0.1) is 0 Å². The molecular weight excluding hydrogens is 1020 g/mol. The molecule has 0 saturated heterocycles. The normalized spacial score (nSPS) is 15.4. The molecule has 4 aliphatic rings. The lowest BCUT2D eigenvalue weighted by atomic mass is 9.65. The van der Waals surface area contributed by atoms with Gasteiger partial charge in [0.15, 0.2) is 0 Å². The van der Waals surface area contributed by atoms with Crippen LogP contribution >= 0.6 is 0 Å². The zero-order valence-corrected chi connectivity index (χ0v) is 45.1. The molecule has 6 nitrogen and oxygen atoms in total. The molecule has 6 heteroatoms. The summed E-state index contributed by atoms with van der Waals surface area (Å²) in [5.41, 5.74) is 24.8. The smallest absolute Gasteiger partial charge is 0.132 e. The highest BCUT2D eigenvalue weighted by Crippen LogP contribution is 2.67. The molecule has 0 radical (unpaired) electrons. The van der Waals surface area contributed by atoms with Gasteiger partial charge in [0.25, 0.3) is 0 Å². The third kappa shape index (κ3) is 5.34. The number of benzene rings is 11. The van der Waals surface area contributed by atoms with Crippen molar-refractivity contribution in [2.75, 3.05) is 0 Å². The molecule has 1 unspecified atom stereocenters. The van der Waals surface area contributed by atoms with Gasteiger partial charge in [0.1, 0.15) is 11.5 Å². The van der Waals surface area contributed by atoms with E-state index in [4.69, 9.17) is 14.7 Å². The van der Waals surface area contributed by atoms with Crippen LogP contribution in [0.25, 0.3) is 116 Å². The zero-order chi connectivity index (χ0) is 54.6. The highest BCUT2D eigenvalue weighted by atomic mass is 16.5. The van der Waals surface area contributed by atoms with E-state index in [9.17, 15) is 0 Å². The minimum absolute atomic E-state index is 0.539. The topological polar surface area (TPSA) is 49.8 Å². The maximum absolute atomic E-state index is 7.36. The third-order valence-electron chi connectivity index (χ3n) is 19.4. The van der Waals surface area contributed by atoms with Crippen LogP contribution in [0.2, 0.25) is 0 Å². The Morgan fingerprint density at radius 2 is 0.690 bits per heavy atom. The van der Waals surface area contributed by atoms with Gasteiger partial charge in [0.05, 0.1) is 67.2 Å². The summed E-state index contributed by atoms with van der Waals surface area (Å²) in [7, 11) is 0. The van der Waals surface area contributed by atoms with Gasteiger partial charge in [-0.25, -0.2) is 0 Å². The lowest BCUT2D eigenvalue weighted by molar-refractivity contribution is 0.435. The first kappa shape index (κ1) is 44.6. The van der Waals surface area contributed by atoms with Crippen LogP contribution in [-0.4, -0.2) is 23.7 Å². The molecule has 1 aliphatic heterocycles. The van der Waals surface area contributed by atoms with Crippen LogP contribution in [0.4, 0.5) is 0 Å². The standard InChI is InChI=1S/C78H45N5O/c1-8-25-59-49(18-1)50-19-2-9-26-60(50)77(59)61-27-10-3-20-51(61)56-43-65-74(44-64(56)77)84-73-34-16-11-28-62(73)78(65)63-29-17-39-79-75(63)76-66(78)42-48(45-80-76)83-71-37-35-46(81-67-30-12-4-21-52(67)53-22-5-13-31-68(53)81)40-57(71)58-41-47(36-38-72(58)83)82-69-32-14-6-23-54(69)55-24-7-15-33-70(55)82/h1-45H. The molecule has 0 amide bonds. The highest BCUT2D eigenvalue weighted by molar-refractivity contribution is 6.14. The Morgan fingerprint density at radius 1 is 0.262 bits per heavy atom. The monoisotopic (exact) mass is 1070 g/mol. The Hall–Kier alpha value is -11.1. The van der Waals surface area contributed by atoms with Crippen molar-refractivity contribution >= 4 is 65.4 Å². The van der Waals surface area contributed by atoms with Crippen molar-refractivity contribution in [3.63, 3.8) is 0 Å². The van der Waals surface area contributed by atoms with Crippen molar-refractivity contribution in [2.45, 2.75) is 10.8 Å². The molecule has 16 aromatic rings. The van der Waals surface area contributed by atoms with E-state index >= 15 is 0 Å². The van der Waals surface area contributed by atoms with Crippen LogP contribution in [0.15, 0.2) is 273 Å². The van der Waals surface area contributed by atoms with Gasteiger partial charge in [0.2, 0.25) is 0 Å². The summed E-state index contributed by atoms with van der Waals surface area (Å²) >= 11 is 0. The molecule has 1 atom stereocenters. The summed E-state index contributed by atoms with van der Waals surface area (Å²) < 4.78 is 14.7. The molecule has 388 valence electrons. The second-order valence-corrected chi connectivity index (χ2v) is 23.1. The lowest BCUT2D eigenvalue weighted by Crippen LogP contribution is -2.33. The molecule has 0 bridgehead atoms. The minimum Gasteiger partial charge on any atom is -0.457 e. The van der Waals surface area contributed by atoms with Gasteiger partial charge < -0.3 is 18.4 Å². The molecule has 2 spiro atoms. The fraction of sp³-hybridized carbons (Fsp3) is 0.0256. The summed E-state index contributed by atoms with van der Waals surface area (Å²) in [6.07, 6.45) is 3.98. The predicted octanol–water partition coefficient (Wildman–Crippen LogP) is 18.6. The van der Waals surface area contributed by atoms with E-state index in [-0.39, 0.29) is 0 Å². The van der Waals surface area contributed by atoms with Crippen LogP contribution < -0.4 is 4.74 Å². The Morgan fingerprint density at radius 3 is 1.25 bits per heavy atom. The molecular formula is C78H45N5O. The maximum atomic E-state index is 7.36. The largest absolute Gasteiger partial charge is 0.457 e. The number of rotatable bonds is 3. The molecule has 20 rings (SSSR count). The number of pyridine rings is 2. The van der Waals surface area contributed by atoms with E-state index in [0.717, 1.165) is 84.0 Å². The number of hydrogen-bond acceptors (Lipinski definition) is 3. The van der Waals surface area contributed by atoms with Crippen molar-refractivity contribution in [3.8, 4) is 62.2 Å².